The van der Waals surface area contributed by atoms with Crippen molar-refractivity contribution >= 4 is 11.8 Å². The van der Waals surface area contributed by atoms with Gasteiger partial charge in [-0.3, -0.25) is 4.79 Å². The van der Waals surface area contributed by atoms with Crippen LogP contribution in [0.5, 0.6) is 0 Å². The van der Waals surface area contributed by atoms with E-state index < -0.39 is 0 Å². The number of ether oxygens (including phenoxy) is 1. The molecule has 0 spiro atoms. The van der Waals surface area contributed by atoms with E-state index in [4.69, 9.17) is 4.74 Å². The van der Waals surface area contributed by atoms with Gasteiger partial charge in [0.15, 0.2) is 0 Å². The Hall–Kier alpha value is -1.55. The number of nitrogens with zero attached hydrogens (tertiary/aromatic N) is 1. The molecule has 1 aliphatic rings. The molecule has 0 fully saturated rings. The van der Waals surface area contributed by atoms with E-state index in [1.807, 2.05) is 22.8 Å². The molecular formula is C17H26N2O2. The highest BCUT2D eigenvalue weighted by atomic mass is 16.5. The molecule has 1 unspecified atom stereocenters. The lowest BCUT2D eigenvalue weighted by atomic mass is 10.1. The second-order valence-electron chi connectivity index (χ2n) is 5.55. The molecule has 0 amide bonds. The highest BCUT2D eigenvalue weighted by molar-refractivity contribution is 5.67. The van der Waals surface area contributed by atoms with E-state index in [0.717, 1.165) is 24.3 Å². The Labute approximate surface area is 126 Å². The number of nitrogens with one attached hydrogen (secondary N) is 1. The first-order valence-corrected chi connectivity index (χ1v) is 7.97. The standard InChI is InChI=1S/C17H26N2O2/c1-3-4-5-6-7-8-13-19-15-10-11-16(21-2)18-14(15)9-12-17(19)20/h9-12,16,18H,3-8,13H2,1-2H3. The van der Waals surface area contributed by atoms with Crippen LogP contribution in [-0.4, -0.2) is 17.9 Å². The van der Waals surface area contributed by atoms with E-state index in [1.165, 1.54) is 32.1 Å². The third-order valence-electron chi connectivity index (χ3n) is 3.94. The lowest BCUT2D eigenvalue weighted by Crippen LogP contribution is -2.28. The molecule has 1 aliphatic heterocycles. The van der Waals surface area contributed by atoms with Crippen molar-refractivity contribution < 1.29 is 4.74 Å². The van der Waals surface area contributed by atoms with Gasteiger partial charge in [0.2, 0.25) is 0 Å². The van der Waals surface area contributed by atoms with Crippen molar-refractivity contribution in [3.05, 3.63) is 34.3 Å². The van der Waals surface area contributed by atoms with Crippen LogP contribution in [0.4, 0.5) is 5.69 Å². The summed E-state index contributed by atoms with van der Waals surface area (Å²) >= 11 is 0. The summed E-state index contributed by atoms with van der Waals surface area (Å²) in [4.78, 5) is 12.1. The van der Waals surface area contributed by atoms with Crippen molar-refractivity contribution in [2.45, 2.75) is 58.2 Å². The lowest BCUT2D eigenvalue weighted by molar-refractivity contribution is 0.162. The number of aromatic nitrogens is 1. The van der Waals surface area contributed by atoms with Gasteiger partial charge in [-0.2, -0.15) is 0 Å². The molecule has 4 nitrogen and oxygen atoms in total. The monoisotopic (exact) mass is 290 g/mol. The topological polar surface area (TPSA) is 43.3 Å². The van der Waals surface area contributed by atoms with Crippen LogP contribution in [-0.2, 0) is 11.3 Å². The average molecular weight is 290 g/mol. The fourth-order valence-corrected chi connectivity index (χ4v) is 2.69. The largest absolute Gasteiger partial charge is 0.358 e. The summed E-state index contributed by atoms with van der Waals surface area (Å²) in [7, 11) is 1.67. The van der Waals surface area contributed by atoms with Crippen molar-refractivity contribution in [1.82, 2.24) is 4.57 Å². The van der Waals surface area contributed by atoms with E-state index in [2.05, 4.69) is 12.2 Å². The van der Waals surface area contributed by atoms with Gasteiger partial charge >= 0.3 is 0 Å². The number of unbranched alkanes of at least 4 members (excludes halogenated alkanes) is 5. The van der Waals surface area contributed by atoms with Crippen LogP contribution in [0.1, 0.15) is 51.1 Å². The third-order valence-corrected chi connectivity index (χ3v) is 3.94. The molecule has 0 aliphatic carbocycles. The van der Waals surface area contributed by atoms with Crippen LogP contribution in [0.25, 0.3) is 6.08 Å². The molecule has 2 rings (SSSR count). The molecule has 0 saturated heterocycles. The summed E-state index contributed by atoms with van der Waals surface area (Å²) in [5.74, 6) is 0. The van der Waals surface area contributed by atoms with Crippen LogP contribution in [0, 0.1) is 0 Å². The van der Waals surface area contributed by atoms with Crippen molar-refractivity contribution in [3.63, 3.8) is 0 Å². The molecule has 4 heteroatoms. The highest BCUT2D eigenvalue weighted by Gasteiger charge is 2.15. The van der Waals surface area contributed by atoms with Crippen molar-refractivity contribution in [2.24, 2.45) is 0 Å². The minimum absolute atomic E-state index is 0.0737. The summed E-state index contributed by atoms with van der Waals surface area (Å²) in [5.41, 5.74) is 2.00. The first-order valence-electron chi connectivity index (χ1n) is 7.97. The smallest absolute Gasteiger partial charge is 0.251 e. The Morgan fingerprint density at radius 2 is 1.95 bits per heavy atom. The third kappa shape index (κ3) is 4.21. The maximum absolute atomic E-state index is 12.1. The van der Waals surface area contributed by atoms with E-state index in [9.17, 15) is 4.79 Å². The predicted molar refractivity (Wildman–Crippen MR) is 87.5 cm³/mol. The molecular weight excluding hydrogens is 264 g/mol. The van der Waals surface area contributed by atoms with Crippen LogP contribution in [0.3, 0.4) is 0 Å². The molecule has 21 heavy (non-hydrogen) atoms. The van der Waals surface area contributed by atoms with Gasteiger partial charge < -0.3 is 14.6 Å². The zero-order valence-corrected chi connectivity index (χ0v) is 13.1. The number of hydrogen-bond donors (Lipinski definition) is 1. The molecule has 1 atom stereocenters. The molecule has 0 radical (unpaired) electrons. The quantitative estimate of drug-likeness (QED) is 0.744. The minimum atomic E-state index is -0.113. The van der Waals surface area contributed by atoms with Gasteiger partial charge in [-0.15, -0.1) is 0 Å². The summed E-state index contributed by atoms with van der Waals surface area (Å²) in [6, 6.07) is 3.47. The number of pyridine rings is 1. The normalized spacial score (nSPS) is 16.6. The van der Waals surface area contributed by atoms with Crippen molar-refractivity contribution in [2.75, 3.05) is 12.4 Å². The average Bonchev–Trinajstić information content (AvgIpc) is 2.52. The van der Waals surface area contributed by atoms with E-state index >= 15 is 0 Å². The Kier molecular flexibility index (Phi) is 6.05. The summed E-state index contributed by atoms with van der Waals surface area (Å²) in [6.45, 7) is 3.01. The van der Waals surface area contributed by atoms with Gasteiger partial charge in [0.25, 0.3) is 5.56 Å². The molecule has 2 heterocycles. The zero-order valence-electron chi connectivity index (χ0n) is 13.1. The first kappa shape index (κ1) is 15.8. The highest BCUT2D eigenvalue weighted by Crippen LogP contribution is 2.22. The zero-order chi connectivity index (χ0) is 15.1. The Morgan fingerprint density at radius 3 is 2.71 bits per heavy atom. The SMILES string of the molecule is CCCCCCCCn1c2c(ccc1=O)NC(OC)C=C2. The molecule has 116 valence electrons. The summed E-state index contributed by atoms with van der Waals surface area (Å²) in [6.07, 6.45) is 11.2. The predicted octanol–water partition coefficient (Wildman–Crippen LogP) is 3.62. The Bertz CT molecular complexity index is 534. The molecule has 0 aromatic carbocycles. The van der Waals surface area contributed by atoms with E-state index in [-0.39, 0.29) is 11.8 Å². The van der Waals surface area contributed by atoms with Crippen LogP contribution < -0.4 is 10.9 Å². The minimum Gasteiger partial charge on any atom is -0.358 e. The molecule has 0 bridgehead atoms. The number of anilines is 1. The number of methoxy groups -OCH3 is 1. The van der Waals surface area contributed by atoms with E-state index in [1.54, 1.807) is 13.2 Å². The fraction of sp³-hybridized carbons (Fsp3) is 0.588. The molecule has 0 saturated carbocycles. The van der Waals surface area contributed by atoms with Crippen LogP contribution in [0.15, 0.2) is 23.0 Å². The molecule has 1 aromatic rings. The summed E-state index contributed by atoms with van der Waals surface area (Å²) in [5, 5.41) is 3.26. The number of rotatable bonds is 8. The second kappa shape index (κ2) is 8.03. The van der Waals surface area contributed by atoms with Crippen LogP contribution >= 0.6 is 0 Å². The Morgan fingerprint density at radius 1 is 1.19 bits per heavy atom. The number of hydrogen-bond acceptors (Lipinski definition) is 3. The molecule has 1 aromatic heterocycles. The van der Waals surface area contributed by atoms with Crippen LogP contribution in [0.2, 0.25) is 0 Å². The van der Waals surface area contributed by atoms with E-state index in [0.29, 0.717) is 0 Å². The lowest BCUT2D eigenvalue weighted by Gasteiger charge is -2.23. The van der Waals surface area contributed by atoms with Crippen molar-refractivity contribution in [1.29, 1.82) is 0 Å². The van der Waals surface area contributed by atoms with Gasteiger partial charge in [0.05, 0.1) is 11.4 Å². The maximum atomic E-state index is 12.1. The van der Waals surface area contributed by atoms with Gasteiger partial charge in [-0.1, -0.05) is 39.0 Å². The second-order valence-corrected chi connectivity index (χ2v) is 5.55. The molecule has 1 N–H and O–H groups in total. The van der Waals surface area contributed by atoms with Crippen molar-refractivity contribution in [3.8, 4) is 0 Å². The summed E-state index contributed by atoms with van der Waals surface area (Å²) < 4.78 is 7.13. The number of fused-ring (bicyclic) bond motifs is 1. The fourth-order valence-electron chi connectivity index (χ4n) is 2.69. The first-order chi connectivity index (χ1) is 10.3. The van der Waals surface area contributed by atoms with Gasteiger partial charge in [0.1, 0.15) is 6.23 Å². The van der Waals surface area contributed by atoms with Gasteiger partial charge in [-0.05, 0) is 24.6 Å². The maximum Gasteiger partial charge on any atom is 0.251 e. The van der Waals surface area contributed by atoms with Gasteiger partial charge in [0, 0.05) is 19.7 Å². The van der Waals surface area contributed by atoms with Gasteiger partial charge in [-0.25, -0.2) is 0 Å². The Balaban J connectivity index is 1.98.